The maximum absolute atomic E-state index is 12.8. The second-order valence-corrected chi connectivity index (χ2v) is 6.32. The molecule has 0 atom stereocenters. The zero-order valence-corrected chi connectivity index (χ0v) is 14.9. The lowest BCUT2D eigenvalue weighted by Crippen LogP contribution is -2.16. The van der Waals surface area contributed by atoms with E-state index in [1.807, 2.05) is 30.5 Å². The van der Waals surface area contributed by atoms with Crippen molar-refractivity contribution in [2.45, 2.75) is 20.3 Å². The van der Waals surface area contributed by atoms with E-state index < -0.39 is 0 Å². The highest BCUT2D eigenvalue weighted by atomic mass is 79.9. The Morgan fingerprint density at radius 2 is 2.21 bits per heavy atom. The molecule has 0 saturated carbocycles. The number of aryl methyl sites for hydroxylation is 2. The smallest absolute Gasteiger partial charge is 0.274 e. The van der Waals surface area contributed by atoms with Gasteiger partial charge in [0.2, 0.25) is 0 Å². The highest BCUT2D eigenvalue weighted by Gasteiger charge is 2.20. The number of benzene rings is 1. The molecule has 6 heteroatoms. The van der Waals surface area contributed by atoms with Crippen LogP contribution in [0.3, 0.4) is 0 Å². The van der Waals surface area contributed by atoms with Gasteiger partial charge in [0.25, 0.3) is 5.91 Å². The van der Waals surface area contributed by atoms with Gasteiger partial charge in [-0.1, -0.05) is 13.0 Å². The minimum atomic E-state index is -0.244. The summed E-state index contributed by atoms with van der Waals surface area (Å²) in [4.78, 5) is 17.4. The molecule has 3 aromatic rings. The first kappa shape index (κ1) is 16.2. The first-order chi connectivity index (χ1) is 11.5. The number of hydrogen-bond donors (Lipinski definition) is 1. The number of aromatic nitrogens is 2. The number of carbonyl (C=O) groups is 1. The standard InChI is InChI=1S/C18H15BrN4O/c1-3-15-16(23-10-11(2)7-14(19)17(23)22-15)18(24)21-13-6-4-5-12(8-13)9-20/h4-8,10H,3H2,1-2H3,(H,21,24). The Balaban J connectivity index is 2.07. The molecule has 0 aliphatic heterocycles. The fourth-order valence-electron chi connectivity index (χ4n) is 2.62. The van der Waals surface area contributed by atoms with Gasteiger partial charge in [-0.2, -0.15) is 5.26 Å². The molecule has 0 fully saturated rings. The molecule has 2 aromatic heterocycles. The minimum absolute atomic E-state index is 0.244. The van der Waals surface area contributed by atoms with Crippen molar-refractivity contribution in [2.24, 2.45) is 0 Å². The minimum Gasteiger partial charge on any atom is -0.321 e. The van der Waals surface area contributed by atoms with E-state index in [1.165, 1.54) is 0 Å². The monoisotopic (exact) mass is 382 g/mol. The van der Waals surface area contributed by atoms with Gasteiger partial charge in [0.1, 0.15) is 5.69 Å². The summed E-state index contributed by atoms with van der Waals surface area (Å²) in [6, 6.07) is 10.9. The molecule has 3 rings (SSSR count). The number of nitrogens with one attached hydrogen (secondary N) is 1. The van der Waals surface area contributed by atoms with Gasteiger partial charge in [0.15, 0.2) is 5.65 Å². The average Bonchev–Trinajstić information content (AvgIpc) is 2.93. The molecular weight excluding hydrogens is 368 g/mol. The average molecular weight is 383 g/mol. The van der Waals surface area contributed by atoms with Crippen LogP contribution in [0.5, 0.6) is 0 Å². The second kappa shape index (κ2) is 6.46. The molecule has 0 aliphatic carbocycles. The van der Waals surface area contributed by atoms with Crippen molar-refractivity contribution in [3.8, 4) is 6.07 Å². The molecular formula is C18H15BrN4O. The van der Waals surface area contributed by atoms with Crippen molar-refractivity contribution in [1.82, 2.24) is 9.38 Å². The Morgan fingerprint density at radius 1 is 1.42 bits per heavy atom. The fourth-order valence-corrected chi connectivity index (χ4v) is 3.26. The maximum Gasteiger partial charge on any atom is 0.274 e. The van der Waals surface area contributed by atoms with Crippen LogP contribution < -0.4 is 5.32 Å². The van der Waals surface area contributed by atoms with E-state index >= 15 is 0 Å². The molecule has 0 bridgehead atoms. The molecule has 0 saturated heterocycles. The van der Waals surface area contributed by atoms with Crippen molar-refractivity contribution < 1.29 is 4.79 Å². The Labute approximate surface area is 148 Å². The third kappa shape index (κ3) is 2.91. The van der Waals surface area contributed by atoms with E-state index in [0.717, 1.165) is 15.7 Å². The lowest BCUT2D eigenvalue weighted by atomic mass is 10.2. The summed E-state index contributed by atoms with van der Waals surface area (Å²) in [7, 11) is 0. The summed E-state index contributed by atoms with van der Waals surface area (Å²) < 4.78 is 2.66. The normalized spacial score (nSPS) is 10.6. The molecule has 0 spiro atoms. The van der Waals surface area contributed by atoms with Crippen LogP contribution in [0.15, 0.2) is 41.0 Å². The summed E-state index contributed by atoms with van der Waals surface area (Å²) in [5.41, 5.74) is 4.07. The molecule has 120 valence electrons. The third-order valence-corrected chi connectivity index (χ3v) is 4.27. The lowest BCUT2D eigenvalue weighted by Gasteiger charge is -2.08. The summed E-state index contributed by atoms with van der Waals surface area (Å²) >= 11 is 3.51. The SMILES string of the molecule is CCc1nc2c(Br)cc(C)cn2c1C(=O)Nc1cccc(C#N)c1. The Hall–Kier alpha value is -2.65. The van der Waals surface area contributed by atoms with Crippen LogP contribution in [0, 0.1) is 18.3 Å². The van der Waals surface area contributed by atoms with E-state index in [9.17, 15) is 4.79 Å². The Kier molecular flexibility index (Phi) is 4.36. The van der Waals surface area contributed by atoms with Gasteiger partial charge in [-0.3, -0.25) is 9.20 Å². The molecule has 2 heterocycles. The predicted octanol–water partition coefficient (Wildman–Crippen LogP) is 4.09. The molecule has 1 N–H and O–H groups in total. The molecule has 1 amide bonds. The van der Waals surface area contributed by atoms with E-state index in [4.69, 9.17) is 5.26 Å². The number of amides is 1. The van der Waals surface area contributed by atoms with Gasteiger partial charge in [0.05, 0.1) is 21.8 Å². The topological polar surface area (TPSA) is 70.2 Å². The molecule has 24 heavy (non-hydrogen) atoms. The number of hydrogen-bond acceptors (Lipinski definition) is 3. The molecule has 0 radical (unpaired) electrons. The molecule has 1 aromatic carbocycles. The molecule has 5 nitrogen and oxygen atoms in total. The van der Waals surface area contributed by atoms with Crippen LogP contribution in [0.4, 0.5) is 5.69 Å². The van der Waals surface area contributed by atoms with Gasteiger partial charge in [-0.25, -0.2) is 4.98 Å². The Bertz CT molecular complexity index is 985. The number of halogens is 1. The number of carbonyl (C=O) groups excluding carboxylic acids is 1. The number of anilines is 1. The van der Waals surface area contributed by atoms with E-state index in [1.54, 1.807) is 24.3 Å². The van der Waals surface area contributed by atoms with Crippen molar-refractivity contribution in [1.29, 1.82) is 5.26 Å². The van der Waals surface area contributed by atoms with Crippen LogP contribution in [0.2, 0.25) is 0 Å². The third-order valence-electron chi connectivity index (χ3n) is 3.68. The van der Waals surface area contributed by atoms with Gasteiger partial charge < -0.3 is 5.32 Å². The van der Waals surface area contributed by atoms with Gasteiger partial charge in [-0.15, -0.1) is 0 Å². The summed E-state index contributed by atoms with van der Waals surface area (Å²) in [6.45, 7) is 3.93. The summed E-state index contributed by atoms with van der Waals surface area (Å²) in [5, 5.41) is 11.8. The van der Waals surface area contributed by atoms with Crippen LogP contribution in [-0.4, -0.2) is 15.3 Å². The summed E-state index contributed by atoms with van der Waals surface area (Å²) in [5.74, 6) is -0.244. The highest BCUT2D eigenvalue weighted by Crippen LogP contribution is 2.24. The number of nitriles is 1. The van der Waals surface area contributed by atoms with Crippen LogP contribution in [-0.2, 0) is 6.42 Å². The summed E-state index contributed by atoms with van der Waals surface area (Å²) in [6.07, 6.45) is 2.54. The highest BCUT2D eigenvalue weighted by molar-refractivity contribution is 9.10. The van der Waals surface area contributed by atoms with Gasteiger partial charge in [-0.05, 0) is 59.1 Å². The van der Waals surface area contributed by atoms with Crippen molar-refractivity contribution >= 4 is 33.2 Å². The van der Waals surface area contributed by atoms with Crippen molar-refractivity contribution in [3.05, 3.63) is 63.5 Å². The largest absolute Gasteiger partial charge is 0.321 e. The molecule has 0 unspecified atom stereocenters. The van der Waals surface area contributed by atoms with Crippen molar-refractivity contribution in [2.75, 3.05) is 5.32 Å². The second-order valence-electron chi connectivity index (χ2n) is 5.47. The zero-order chi connectivity index (χ0) is 17.3. The predicted molar refractivity (Wildman–Crippen MR) is 96.1 cm³/mol. The lowest BCUT2D eigenvalue weighted by molar-refractivity contribution is 0.102. The zero-order valence-electron chi connectivity index (χ0n) is 13.3. The first-order valence-corrected chi connectivity index (χ1v) is 8.31. The number of fused-ring (bicyclic) bond motifs is 1. The van der Waals surface area contributed by atoms with Gasteiger partial charge in [0, 0.05) is 11.9 Å². The van der Waals surface area contributed by atoms with Gasteiger partial charge >= 0.3 is 0 Å². The number of nitrogens with zero attached hydrogens (tertiary/aromatic N) is 3. The molecule has 0 aliphatic rings. The van der Waals surface area contributed by atoms with Crippen LogP contribution >= 0.6 is 15.9 Å². The van der Waals surface area contributed by atoms with E-state index in [-0.39, 0.29) is 5.91 Å². The quantitative estimate of drug-likeness (QED) is 0.741. The number of rotatable bonds is 3. The van der Waals surface area contributed by atoms with Crippen LogP contribution in [0.1, 0.15) is 34.2 Å². The van der Waals surface area contributed by atoms with E-state index in [0.29, 0.717) is 29.0 Å². The first-order valence-electron chi connectivity index (χ1n) is 7.52. The van der Waals surface area contributed by atoms with Crippen molar-refractivity contribution in [3.63, 3.8) is 0 Å². The van der Waals surface area contributed by atoms with E-state index in [2.05, 4.69) is 32.3 Å². The fraction of sp³-hybridized carbons (Fsp3) is 0.167. The van der Waals surface area contributed by atoms with Crippen LogP contribution in [0.25, 0.3) is 5.65 Å². The maximum atomic E-state index is 12.8. The Morgan fingerprint density at radius 3 is 2.92 bits per heavy atom. The number of pyridine rings is 1. The number of imidazole rings is 1.